The molecule has 0 unspecified atom stereocenters. The number of nitriles is 2. The van der Waals surface area contributed by atoms with Crippen LogP contribution in [-0.2, 0) is 0 Å². The summed E-state index contributed by atoms with van der Waals surface area (Å²) in [6, 6.07) is 7.12. The van der Waals surface area contributed by atoms with E-state index in [1.807, 2.05) is 34.1 Å². The zero-order valence-corrected chi connectivity index (χ0v) is 17.0. The second kappa shape index (κ2) is 8.08. The first-order valence-electron chi connectivity index (χ1n) is 10.2. The fourth-order valence-electron chi connectivity index (χ4n) is 4.33. The Morgan fingerprint density at radius 3 is 2.97 bits per heavy atom. The van der Waals surface area contributed by atoms with E-state index in [-0.39, 0.29) is 29.8 Å². The highest BCUT2D eigenvalue weighted by molar-refractivity contribution is 5.89. The SMILES string of the molecule is N#CC[C@@H]([C@H]1CCN(c2ncc(C#N)cc2F)C1)n1cc(-c2ncnc3[nH]ccc23)cn1. The minimum atomic E-state index is -0.512. The van der Waals surface area contributed by atoms with Gasteiger partial charge in [0, 0.05) is 48.5 Å². The van der Waals surface area contributed by atoms with Crippen molar-refractivity contribution in [1.29, 1.82) is 10.5 Å². The number of pyridine rings is 1. The fourth-order valence-corrected chi connectivity index (χ4v) is 4.33. The number of hydrogen-bond donors (Lipinski definition) is 1. The molecule has 1 saturated heterocycles. The number of halogens is 1. The number of nitrogens with zero attached hydrogens (tertiary/aromatic N) is 8. The molecule has 1 fully saturated rings. The summed E-state index contributed by atoms with van der Waals surface area (Å²) in [6.07, 6.45) is 9.40. The molecule has 5 rings (SSSR count). The minimum absolute atomic E-state index is 0.0944. The molecule has 158 valence electrons. The summed E-state index contributed by atoms with van der Waals surface area (Å²) >= 11 is 0. The van der Waals surface area contributed by atoms with Crippen LogP contribution in [0, 0.1) is 34.4 Å². The molecule has 4 aromatic heterocycles. The third kappa shape index (κ3) is 3.42. The van der Waals surface area contributed by atoms with Crippen LogP contribution >= 0.6 is 0 Å². The number of rotatable bonds is 5. The largest absolute Gasteiger partial charge is 0.354 e. The molecule has 1 N–H and O–H groups in total. The summed E-state index contributed by atoms with van der Waals surface area (Å²) in [5.41, 5.74) is 2.55. The van der Waals surface area contributed by atoms with E-state index in [0.29, 0.717) is 13.1 Å². The number of H-pyrrole nitrogens is 1. The smallest absolute Gasteiger partial charge is 0.166 e. The molecule has 5 heterocycles. The van der Waals surface area contributed by atoms with E-state index >= 15 is 0 Å². The molecule has 0 amide bonds. The van der Waals surface area contributed by atoms with Gasteiger partial charge in [-0.05, 0) is 18.6 Å². The second-order valence-corrected chi connectivity index (χ2v) is 7.74. The molecular formula is C22H18FN9. The maximum atomic E-state index is 14.4. The van der Waals surface area contributed by atoms with E-state index in [9.17, 15) is 9.65 Å². The van der Waals surface area contributed by atoms with Gasteiger partial charge in [0.25, 0.3) is 0 Å². The lowest BCUT2D eigenvalue weighted by molar-refractivity contribution is 0.331. The van der Waals surface area contributed by atoms with Crippen LogP contribution in [0.2, 0.25) is 0 Å². The normalized spacial score (nSPS) is 16.7. The molecule has 0 aromatic carbocycles. The van der Waals surface area contributed by atoms with Crippen molar-refractivity contribution in [2.75, 3.05) is 18.0 Å². The van der Waals surface area contributed by atoms with Gasteiger partial charge in [0.1, 0.15) is 18.0 Å². The van der Waals surface area contributed by atoms with Gasteiger partial charge in [-0.2, -0.15) is 15.6 Å². The molecule has 0 saturated carbocycles. The van der Waals surface area contributed by atoms with Crippen LogP contribution in [0.25, 0.3) is 22.3 Å². The molecule has 0 spiro atoms. The maximum absolute atomic E-state index is 14.4. The average Bonchev–Trinajstić information content (AvgIpc) is 3.57. The van der Waals surface area contributed by atoms with Crippen molar-refractivity contribution in [1.82, 2.24) is 29.7 Å². The Balaban J connectivity index is 1.40. The van der Waals surface area contributed by atoms with Crippen molar-refractivity contribution in [3.05, 3.63) is 54.6 Å². The zero-order chi connectivity index (χ0) is 22.1. The highest BCUT2D eigenvalue weighted by Gasteiger charge is 2.33. The first kappa shape index (κ1) is 19.6. The highest BCUT2D eigenvalue weighted by Crippen LogP contribution is 2.34. The van der Waals surface area contributed by atoms with Crippen LogP contribution in [0.15, 0.2) is 43.2 Å². The van der Waals surface area contributed by atoms with Crippen LogP contribution < -0.4 is 4.90 Å². The van der Waals surface area contributed by atoms with Gasteiger partial charge in [0.2, 0.25) is 0 Å². The minimum Gasteiger partial charge on any atom is -0.354 e. The molecule has 0 radical (unpaired) electrons. The van der Waals surface area contributed by atoms with E-state index in [4.69, 9.17) is 5.26 Å². The van der Waals surface area contributed by atoms with E-state index in [1.54, 1.807) is 6.20 Å². The van der Waals surface area contributed by atoms with Crippen LogP contribution in [0.3, 0.4) is 0 Å². The van der Waals surface area contributed by atoms with Gasteiger partial charge >= 0.3 is 0 Å². The van der Waals surface area contributed by atoms with Crippen LogP contribution in [0.5, 0.6) is 0 Å². The number of hydrogen-bond acceptors (Lipinski definition) is 7. The standard InChI is InChI=1S/C22H18FN9/c23-18-7-14(8-25)9-27-22(18)31-6-3-15(11-31)19(1-4-24)32-12-16(10-30-32)20-17-2-5-26-21(17)29-13-28-20/h2,5,7,9-10,12-13,15,19H,1,3,6,11H2,(H,26,28,29)/t15-,19-/m0/s1. The Hall–Kier alpha value is -4.31. The van der Waals surface area contributed by atoms with Crippen molar-refractivity contribution in [2.45, 2.75) is 18.9 Å². The quantitative estimate of drug-likeness (QED) is 0.519. The maximum Gasteiger partial charge on any atom is 0.166 e. The number of aromatic amines is 1. The summed E-state index contributed by atoms with van der Waals surface area (Å²) in [5, 5.41) is 23.8. The predicted octanol–water partition coefficient (Wildman–Crippen LogP) is 3.21. The van der Waals surface area contributed by atoms with Crippen LogP contribution in [0.1, 0.15) is 24.4 Å². The highest BCUT2D eigenvalue weighted by atomic mass is 19.1. The second-order valence-electron chi connectivity index (χ2n) is 7.74. The van der Waals surface area contributed by atoms with Crippen molar-refractivity contribution in [2.24, 2.45) is 5.92 Å². The molecule has 9 nitrogen and oxygen atoms in total. The third-order valence-corrected chi connectivity index (χ3v) is 5.89. The number of nitrogens with one attached hydrogen (secondary N) is 1. The summed E-state index contributed by atoms with van der Waals surface area (Å²) in [4.78, 5) is 17.7. The first-order valence-corrected chi connectivity index (χ1v) is 10.2. The molecule has 2 atom stereocenters. The van der Waals surface area contributed by atoms with Gasteiger partial charge in [-0.15, -0.1) is 0 Å². The van der Waals surface area contributed by atoms with Crippen LogP contribution in [-0.4, -0.2) is 42.8 Å². The Labute approximate surface area is 182 Å². The van der Waals surface area contributed by atoms with Gasteiger partial charge in [-0.25, -0.2) is 19.3 Å². The van der Waals surface area contributed by atoms with Crippen molar-refractivity contribution in [3.8, 4) is 23.4 Å². The van der Waals surface area contributed by atoms with E-state index in [2.05, 4.69) is 31.1 Å². The van der Waals surface area contributed by atoms with Crippen molar-refractivity contribution >= 4 is 16.9 Å². The van der Waals surface area contributed by atoms with E-state index in [1.165, 1.54) is 18.6 Å². The lowest BCUT2D eigenvalue weighted by Crippen LogP contribution is -2.26. The Bertz CT molecular complexity index is 1360. The third-order valence-electron chi connectivity index (χ3n) is 5.89. The number of fused-ring (bicyclic) bond motifs is 1. The lowest BCUT2D eigenvalue weighted by atomic mass is 9.96. The number of aromatic nitrogens is 6. The van der Waals surface area contributed by atoms with Gasteiger partial charge in [-0.3, -0.25) is 4.68 Å². The Morgan fingerprint density at radius 1 is 1.25 bits per heavy atom. The molecular weight excluding hydrogens is 409 g/mol. The molecule has 4 aromatic rings. The van der Waals surface area contributed by atoms with Crippen LogP contribution in [0.4, 0.5) is 10.2 Å². The Morgan fingerprint density at radius 2 is 2.16 bits per heavy atom. The summed E-state index contributed by atoms with van der Waals surface area (Å²) in [6.45, 7) is 1.17. The fraction of sp³-hybridized carbons (Fsp3) is 0.273. The van der Waals surface area contributed by atoms with Gasteiger partial charge in [-0.1, -0.05) is 0 Å². The monoisotopic (exact) mass is 427 g/mol. The molecule has 1 aliphatic rings. The van der Waals surface area contributed by atoms with Crippen molar-refractivity contribution in [3.63, 3.8) is 0 Å². The molecule has 10 heteroatoms. The summed E-state index contributed by atoms with van der Waals surface area (Å²) < 4.78 is 16.3. The first-order chi connectivity index (χ1) is 15.7. The Kier molecular flexibility index (Phi) is 4.96. The van der Waals surface area contributed by atoms with E-state index in [0.717, 1.165) is 28.7 Å². The topological polar surface area (TPSA) is 123 Å². The van der Waals surface area contributed by atoms with E-state index < -0.39 is 5.82 Å². The lowest BCUT2D eigenvalue weighted by Gasteiger charge is -2.23. The molecule has 0 aliphatic carbocycles. The van der Waals surface area contributed by atoms with Gasteiger partial charge < -0.3 is 9.88 Å². The molecule has 1 aliphatic heterocycles. The van der Waals surface area contributed by atoms with Gasteiger partial charge in [0.15, 0.2) is 11.6 Å². The zero-order valence-electron chi connectivity index (χ0n) is 17.0. The summed E-state index contributed by atoms with van der Waals surface area (Å²) in [5.74, 6) is -0.182. The average molecular weight is 427 g/mol. The summed E-state index contributed by atoms with van der Waals surface area (Å²) in [7, 11) is 0. The molecule has 32 heavy (non-hydrogen) atoms. The predicted molar refractivity (Wildman–Crippen MR) is 114 cm³/mol. The van der Waals surface area contributed by atoms with Crippen molar-refractivity contribution < 1.29 is 4.39 Å². The number of anilines is 1. The molecule has 0 bridgehead atoms. The van der Waals surface area contributed by atoms with Gasteiger partial charge in [0.05, 0.1) is 36.0 Å².